The van der Waals surface area contributed by atoms with Gasteiger partial charge in [-0.3, -0.25) is 24.6 Å². The third kappa shape index (κ3) is 7.20. The number of hydroxylamine groups is 1. The summed E-state index contributed by atoms with van der Waals surface area (Å²) in [6.07, 6.45) is -1.20. The number of carbonyl (C=O) groups is 3. The molecule has 2 atom stereocenters. The molecule has 33 heavy (non-hydrogen) atoms. The van der Waals surface area contributed by atoms with Gasteiger partial charge in [-0.1, -0.05) is 11.8 Å². The summed E-state index contributed by atoms with van der Waals surface area (Å²) in [4.78, 5) is 35.8. The maximum atomic E-state index is 12.3. The first kappa shape index (κ1) is 25.1. The maximum absolute atomic E-state index is 12.3. The van der Waals surface area contributed by atoms with E-state index in [1.165, 1.54) is 24.5 Å². The summed E-state index contributed by atoms with van der Waals surface area (Å²) in [6, 6.07) is 11.6. The Morgan fingerprint density at radius 3 is 1.88 bits per heavy atom. The molecule has 0 heterocycles. The van der Waals surface area contributed by atoms with Crippen LogP contribution < -0.4 is 16.6 Å². The number of amides is 3. The molecule has 3 amide bonds. The Hall–Kier alpha value is -4.15. The van der Waals surface area contributed by atoms with Gasteiger partial charge in [0.15, 0.2) is 0 Å². The summed E-state index contributed by atoms with van der Waals surface area (Å²) >= 11 is 0. The van der Waals surface area contributed by atoms with E-state index in [-0.39, 0.29) is 11.5 Å². The van der Waals surface area contributed by atoms with Crippen LogP contribution in [0.15, 0.2) is 48.5 Å². The Kier molecular flexibility index (Phi) is 9.16. The summed E-state index contributed by atoms with van der Waals surface area (Å²) in [7, 11) is 0. The normalized spacial score (nSPS) is 11.5. The van der Waals surface area contributed by atoms with Crippen molar-refractivity contribution < 1.29 is 24.7 Å². The van der Waals surface area contributed by atoms with E-state index >= 15 is 0 Å². The van der Waals surface area contributed by atoms with Crippen LogP contribution in [0, 0.1) is 23.7 Å². The molecule has 0 saturated heterocycles. The molecule has 2 unspecified atom stereocenters. The zero-order valence-electron chi connectivity index (χ0n) is 18.1. The van der Waals surface area contributed by atoms with Crippen LogP contribution in [0.4, 0.5) is 0 Å². The van der Waals surface area contributed by atoms with Gasteiger partial charge < -0.3 is 10.4 Å². The van der Waals surface area contributed by atoms with E-state index in [1.54, 1.807) is 43.3 Å². The molecule has 9 heteroatoms. The van der Waals surface area contributed by atoms with Gasteiger partial charge in [-0.05, 0) is 74.2 Å². The standard InChI is InChI=1S/C24H24N4O5/c1-3-28(25)24(32)20-14-10-18(11-15-20)7-5-4-6-17-8-12-19(13-9-17)22(30)26-21(16(2)29)23(31)27-33/h8-16,21,29,33H,3,25H2,1-2H3,(H,26,30)(H,27,31). The number of nitrogens with two attached hydrogens (primary N) is 1. The molecule has 0 bridgehead atoms. The lowest BCUT2D eigenvalue weighted by Gasteiger charge is -2.19. The van der Waals surface area contributed by atoms with E-state index in [0.29, 0.717) is 23.2 Å². The zero-order chi connectivity index (χ0) is 24.4. The molecule has 9 nitrogen and oxygen atoms in total. The lowest BCUT2D eigenvalue weighted by atomic mass is 10.1. The van der Waals surface area contributed by atoms with Crippen LogP contribution in [-0.2, 0) is 4.79 Å². The van der Waals surface area contributed by atoms with Crippen molar-refractivity contribution in [1.29, 1.82) is 0 Å². The van der Waals surface area contributed by atoms with E-state index < -0.39 is 24.0 Å². The number of nitrogens with zero attached hydrogens (tertiary/aromatic N) is 1. The van der Waals surface area contributed by atoms with Crippen molar-refractivity contribution in [2.45, 2.75) is 26.0 Å². The average molecular weight is 448 g/mol. The van der Waals surface area contributed by atoms with Crippen molar-refractivity contribution >= 4 is 17.7 Å². The van der Waals surface area contributed by atoms with Crippen LogP contribution in [0.25, 0.3) is 0 Å². The number of carbonyl (C=O) groups excluding carboxylic acids is 3. The first-order valence-electron chi connectivity index (χ1n) is 9.98. The minimum Gasteiger partial charge on any atom is -0.391 e. The molecule has 0 radical (unpaired) electrons. The van der Waals surface area contributed by atoms with Gasteiger partial charge in [0, 0.05) is 28.8 Å². The molecule has 170 valence electrons. The predicted octanol–water partition coefficient (Wildman–Crippen LogP) is 0.410. The highest BCUT2D eigenvalue weighted by Crippen LogP contribution is 2.06. The molecule has 2 aromatic rings. The van der Waals surface area contributed by atoms with Gasteiger partial charge in [0.1, 0.15) is 6.04 Å². The van der Waals surface area contributed by atoms with E-state index in [1.807, 2.05) is 0 Å². The van der Waals surface area contributed by atoms with Crippen molar-refractivity contribution in [3.8, 4) is 23.7 Å². The number of nitrogens with one attached hydrogen (secondary N) is 2. The molecular weight excluding hydrogens is 424 g/mol. The number of hydrogen-bond acceptors (Lipinski definition) is 6. The molecule has 0 aliphatic heterocycles. The second-order valence-corrected chi connectivity index (χ2v) is 6.91. The summed E-state index contributed by atoms with van der Waals surface area (Å²) < 4.78 is 0. The first-order valence-corrected chi connectivity index (χ1v) is 9.98. The second-order valence-electron chi connectivity index (χ2n) is 6.91. The summed E-state index contributed by atoms with van der Waals surface area (Å²) in [6.45, 7) is 3.50. The quantitative estimate of drug-likeness (QED) is 0.142. The van der Waals surface area contributed by atoms with Crippen molar-refractivity contribution in [3.63, 3.8) is 0 Å². The summed E-state index contributed by atoms with van der Waals surface area (Å²) in [5.41, 5.74) is 3.42. The van der Waals surface area contributed by atoms with Crippen molar-refractivity contribution in [3.05, 3.63) is 70.8 Å². The van der Waals surface area contributed by atoms with Crippen LogP contribution in [0.3, 0.4) is 0 Å². The summed E-state index contributed by atoms with van der Waals surface area (Å²) in [5, 5.41) is 21.8. The zero-order valence-corrected chi connectivity index (χ0v) is 18.1. The van der Waals surface area contributed by atoms with E-state index in [0.717, 1.165) is 5.01 Å². The molecular formula is C24H24N4O5. The number of benzene rings is 2. The SMILES string of the molecule is CCN(N)C(=O)c1ccc(C#CC#Cc2ccc(C(=O)NC(C(=O)NO)C(C)O)cc2)cc1. The Bertz CT molecular complexity index is 1120. The van der Waals surface area contributed by atoms with E-state index in [4.69, 9.17) is 11.0 Å². The Labute approximate surface area is 191 Å². The predicted molar refractivity (Wildman–Crippen MR) is 120 cm³/mol. The van der Waals surface area contributed by atoms with Gasteiger partial charge in [-0.25, -0.2) is 11.3 Å². The maximum Gasteiger partial charge on any atom is 0.268 e. The Morgan fingerprint density at radius 1 is 0.970 bits per heavy atom. The third-order valence-corrected chi connectivity index (χ3v) is 4.52. The van der Waals surface area contributed by atoms with Gasteiger partial charge in [0.25, 0.3) is 17.7 Å². The van der Waals surface area contributed by atoms with Crippen molar-refractivity contribution in [2.24, 2.45) is 5.84 Å². The van der Waals surface area contributed by atoms with E-state index in [2.05, 4.69) is 29.0 Å². The van der Waals surface area contributed by atoms with Crippen molar-refractivity contribution in [1.82, 2.24) is 15.8 Å². The molecule has 0 spiro atoms. The second kappa shape index (κ2) is 12.0. The van der Waals surface area contributed by atoms with Crippen molar-refractivity contribution in [2.75, 3.05) is 6.54 Å². The van der Waals surface area contributed by atoms with Crippen LogP contribution >= 0.6 is 0 Å². The van der Waals surface area contributed by atoms with Gasteiger partial charge in [-0.2, -0.15) is 0 Å². The average Bonchev–Trinajstić information content (AvgIpc) is 2.84. The summed E-state index contributed by atoms with van der Waals surface area (Å²) in [5.74, 6) is 15.0. The molecule has 0 saturated carbocycles. The van der Waals surface area contributed by atoms with Crippen LogP contribution in [0.1, 0.15) is 45.7 Å². The minimum absolute atomic E-state index is 0.247. The van der Waals surface area contributed by atoms with Gasteiger partial charge >= 0.3 is 0 Å². The first-order chi connectivity index (χ1) is 15.8. The molecule has 2 aromatic carbocycles. The number of hydrogen-bond donors (Lipinski definition) is 5. The van der Waals surface area contributed by atoms with Gasteiger partial charge in [0.05, 0.1) is 6.10 Å². The number of aliphatic hydroxyl groups excluding tert-OH is 1. The van der Waals surface area contributed by atoms with Crippen LogP contribution in [0.5, 0.6) is 0 Å². The van der Waals surface area contributed by atoms with Gasteiger partial charge in [-0.15, -0.1) is 0 Å². The highest BCUT2D eigenvalue weighted by Gasteiger charge is 2.25. The highest BCUT2D eigenvalue weighted by molar-refractivity contribution is 5.97. The fraction of sp³-hybridized carbons (Fsp3) is 0.208. The number of rotatable bonds is 6. The fourth-order valence-corrected chi connectivity index (χ4v) is 2.62. The molecule has 0 fully saturated rings. The fourth-order valence-electron chi connectivity index (χ4n) is 2.62. The number of hydrazine groups is 1. The lowest BCUT2D eigenvalue weighted by molar-refractivity contribution is -0.133. The number of aliphatic hydroxyl groups is 1. The van der Waals surface area contributed by atoms with E-state index in [9.17, 15) is 19.5 Å². The topological polar surface area (TPSA) is 145 Å². The molecule has 6 N–H and O–H groups in total. The van der Waals surface area contributed by atoms with Gasteiger partial charge in [0.2, 0.25) is 0 Å². The smallest absolute Gasteiger partial charge is 0.268 e. The van der Waals surface area contributed by atoms with Crippen LogP contribution in [-0.4, -0.2) is 51.7 Å². The molecule has 0 aliphatic carbocycles. The Balaban J connectivity index is 2.01. The Morgan fingerprint density at radius 2 is 1.45 bits per heavy atom. The monoisotopic (exact) mass is 448 g/mol. The minimum atomic E-state index is -1.30. The van der Waals surface area contributed by atoms with Crippen LogP contribution in [0.2, 0.25) is 0 Å². The lowest BCUT2D eigenvalue weighted by Crippen LogP contribution is -2.51. The molecule has 0 aliphatic rings. The third-order valence-electron chi connectivity index (χ3n) is 4.52. The molecule has 2 rings (SSSR count). The highest BCUT2D eigenvalue weighted by atomic mass is 16.5. The largest absolute Gasteiger partial charge is 0.391 e. The molecule has 0 aromatic heterocycles.